The van der Waals surface area contributed by atoms with E-state index in [1.54, 1.807) is 19.1 Å². The summed E-state index contributed by atoms with van der Waals surface area (Å²) >= 11 is 0.862. The highest BCUT2D eigenvalue weighted by molar-refractivity contribution is 8.74. The summed E-state index contributed by atoms with van der Waals surface area (Å²) in [5, 5.41) is -0.515. The summed E-state index contributed by atoms with van der Waals surface area (Å²) in [6.45, 7) is 7.54. The molecule has 11 heteroatoms. The van der Waals surface area contributed by atoms with Gasteiger partial charge in [-0.25, -0.2) is 4.98 Å². The predicted octanol–water partition coefficient (Wildman–Crippen LogP) is 5.72. The van der Waals surface area contributed by atoms with E-state index in [-0.39, 0.29) is 11.1 Å². The zero-order chi connectivity index (χ0) is 22.0. The van der Waals surface area contributed by atoms with Crippen molar-refractivity contribution in [2.24, 2.45) is 0 Å². The van der Waals surface area contributed by atoms with Crippen LogP contribution in [0, 0.1) is 6.92 Å². The van der Waals surface area contributed by atoms with Crippen molar-refractivity contribution in [3.63, 3.8) is 0 Å². The van der Waals surface area contributed by atoms with Gasteiger partial charge in [0.25, 0.3) is 10.0 Å². The van der Waals surface area contributed by atoms with E-state index >= 15 is 0 Å². The van der Waals surface area contributed by atoms with Crippen LogP contribution < -0.4 is 4.72 Å². The van der Waals surface area contributed by atoms with Gasteiger partial charge >= 0.3 is 6.18 Å². The Labute approximate surface area is 171 Å². The molecular formula is C17H19F3N2O3S3. The van der Waals surface area contributed by atoms with Crippen LogP contribution in [0.1, 0.15) is 37.5 Å². The van der Waals surface area contributed by atoms with Crippen LogP contribution in [0.4, 0.5) is 18.9 Å². The number of rotatable bonds is 6. The van der Waals surface area contributed by atoms with E-state index in [1.807, 2.05) is 20.8 Å². The van der Waals surface area contributed by atoms with Gasteiger partial charge in [0, 0.05) is 11.1 Å². The minimum absolute atomic E-state index is 0.290. The fourth-order valence-electron chi connectivity index (χ4n) is 2.39. The number of alkyl halides is 3. The highest BCUT2D eigenvalue weighted by Gasteiger charge is 2.31. The second-order valence-electron chi connectivity index (χ2n) is 7.05. The summed E-state index contributed by atoms with van der Waals surface area (Å²) in [5.41, 5.74) is 0.332. The maximum absolute atomic E-state index is 12.7. The normalized spacial score (nSPS) is 13.3. The van der Waals surface area contributed by atoms with Crippen molar-refractivity contribution in [3.05, 3.63) is 47.2 Å². The van der Waals surface area contributed by atoms with E-state index in [1.165, 1.54) is 10.8 Å². The molecule has 1 aromatic carbocycles. The quantitative estimate of drug-likeness (QED) is 0.429. The Morgan fingerprint density at radius 3 is 2.39 bits per heavy atom. The van der Waals surface area contributed by atoms with E-state index in [9.17, 15) is 21.6 Å². The zero-order valence-corrected chi connectivity index (χ0v) is 17.9. The van der Waals surface area contributed by atoms with Gasteiger partial charge in [-0.3, -0.25) is 4.72 Å². The zero-order valence-electron chi connectivity index (χ0n) is 16.4. The van der Waals surface area contributed by atoms with Crippen LogP contribution in [0.2, 0.25) is 0 Å². The smallest absolute Gasteiger partial charge is 0.320 e. The third kappa shape index (κ3) is 5.34. The lowest BCUT2D eigenvalue weighted by Gasteiger charge is -2.24. The van der Waals surface area contributed by atoms with Crippen LogP contribution in [-0.2, 0) is 21.6 Å². The first-order valence-corrected chi connectivity index (χ1v) is 11.5. The number of nitrogens with zero attached hydrogens (tertiary/aromatic N) is 1. The van der Waals surface area contributed by atoms with Crippen LogP contribution >= 0.6 is 21.9 Å². The van der Waals surface area contributed by atoms with E-state index in [0.717, 1.165) is 27.6 Å². The largest absolute Gasteiger partial charge is 0.417 e. The molecule has 5 nitrogen and oxygen atoms in total. The third-order valence-corrected chi connectivity index (χ3v) is 6.45. The summed E-state index contributed by atoms with van der Waals surface area (Å²) in [4.78, 5) is 4.26. The van der Waals surface area contributed by atoms with Crippen molar-refractivity contribution in [1.29, 1.82) is 1.43 Å². The summed E-state index contributed by atoms with van der Waals surface area (Å²) in [6, 6.07) is 4.92. The summed E-state index contributed by atoms with van der Waals surface area (Å²) < 4.78 is 76.8. The van der Waals surface area contributed by atoms with Crippen molar-refractivity contribution < 1.29 is 26.1 Å². The maximum atomic E-state index is 12.7. The Morgan fingerprint density at radius 1 is 1.21 bits per heavy atom. The SMILES string of the molecule is [3H]OSSc1cc(C)c(NS(=O)(=O)c2ccc(C(F)(F)F)cn2)cc1C(C)(C)C. The molecular weight excluding hydrogens is 433 g/mol. The van der Waals surface area contributed by atoms with Gasteiger partial charge in [0.15, 0.2) is 5.03 Å². The number of benzene rings is 1. The molecule has 0 fully saturated rings. The van der Waals surface area contributed by atoms with Crippen molar-refractivity contribution in [1.82, 2.24) is 4.98 Å². The molecule has 0 saturated heterocycles. The molecule has 2 aromatic rings. The van der Waals surface area contributed by atoms with Crippen LogP contribution in [-0.4, -0.2) is 18.0 Å². The van der Waals surface area contributed by atoms with E-state index in [0.29, 0.717) is 17.8 Å². The summed E-state index contributed by atoms with van der Waals surface area (Å²) in [6.07, 6.45) is -4.12. The minimum Gasteiger partial charge on any atom is -0.320 e. The first-order chi connectivity index (χ1) is 13.3. The number of sulfonamides is 1. The number of pyridine rings is 1. The molecule has 0 aliphatic rings. The van der Waals surface area contributed by atoms with Crippen LogP contribution in [0.25, 0.3) is 1.43 Å². The van der Waals surface area contributed by atoms with Crippen LogP contribution in [0.3, 0.4) is 0 Å². The predicted molar refractivity (Wildman–Crippen MR) is 106 cm³/mol. The Hall–Kier alpha value is -1.43. The number of anilines is 1. The first kappa shape index (κ1) is 21.3. The van der Waals surface area contributed by atoms with Crippen LogP contribution in [0.15, 0.2) is 40.4 Å². The molecule has 0 saturated carbocycles. The fourth-order valence-corrected chi connectivity index (χ4v) is 4.83. The molecule has 1 aromatic heterocycles. The minimum atomic E-state index is -4.60. The number of aromatic nitrogens is 1. The van der Waals surface area contributed by atoms with Crippen molar-refractivity contribution in [3.8, 4) is 0 Å². The van der Waals surface area contributed by atoms with E-state index in [4.69, 9.17) is 1.43 Å². The highest BCUT2D eigenvalue weighted by atomic mass is 33.1. The van der Waals surface area contributed by atoms with Gasteiger partial charge in [-0.15, -0.1) is 0 Å². The van der Waals surface area contributed by atoms with Gasteiger partial charge in [-0.1, -0.05) is 20.8 Å². The lowest BCUT2D eigenvalue weighted by atomic mass is 9.86. The Bertz CT molecular complexity index is 976. The number of nitrogens with one attached hydrogen (secondary N) is 1. The summed E-state index contributed by atoms with van der Waals surface area (Å²) in [7, 11) is -2.96. The second kappa shape index (κ2) is 8.13. The topological polar surface area (TPSA) is 79.3 Å². The van der Waals surface area contributed by atoms with Crippen molar-refractivity contribution in [2.75, 3.05) is 4.72 Å². The van der Waals surface area contributed by atoms with Crippen molar-refractivity contribution >= 4 is 37.6 Å². The van der Waals surface area contributed by atoms with Gasteiger partial charge in [0.2, 0.25) is 1.43 Å². The molecule has 28 heavy (non-hydrogen) atoms. The fraction of sp³-hybridized carbons (Fsp3) is 0.353. The summed E-state index contributed by atoms with van der Waals surface area (Å²) in [5.74, 6) is 0. The lowest BCUT2D eigenvalue weighted by Crippen LogP contribution is -2.18. The van der Waals surface area contributed by atoms with Gasteiger partial charge in [0.1, 0.15) is 0 Å². The molecule has 2 N–H and O–H groups in total. The number of halogens is 3. The standard InChI is InChI=1S/C17H19F3N2O3S3/c1-10-7-14(26-27-23)12(16(2,3)4)8-13(10)22-28(24,25)15-6-5-11(9-21-15)17(18,19)20/h5-9,22-23H,1-4H3/i/hT. The number of hydrogen-bond donors (Lipinski definition) is 2. The Balaban J connectivity index is 2.41. The van der Waals surface area contributed by atoms with Gasteiger partial charge in [-0.05, 0) is 58.5 Å². The first-order valence-electron chi connectivity index (χ1n) is 8.34. The Kier molecular flexibility index (Phi) is 6.18. The third-order valence-electron chi connectivity index (χ3n) is 3.84. The molecule has 0 amide bonds. The van der Waals surface area contributed by atoms with Gasteiger partial charge < -0.3 is 4.56 Å². The lowest BCUT2D eigenvalue weighted by molar-refractivity contribution is -0.137. The molecule has 0 atom stereocenters. The molecule has 2 rings (SSSR count). The van der Waals surface area contributed by atoms with Crippen LogP contribution in [0.5, 0.6) is 0 Å². The Morgan fingerprint density at radius 2 is 1.89 bits per heavy atom. The van der Waals surface area contributed by atoms with Crippen molar-refractivity contribution in [2.45, 2.75) is 49.2 Å². The average Bonchev–Trinajstić information content (AvgIpc) is 2.60. The van der Waals surface area contributed by atoms with E-state index < -0.39 is 26.8 Å². The number of aryl methyl sites for hydroxylation is 1. The number of hydrogen-bond acceptors (Lipinski definition) is 6. The van der Waals surface area contributed by atoms with Gasteiger partial charge in [0.05, 0.1) is 22.3 Å². The molecule has 0 aliphatic carbocycles. The highest BCUT2D eigenvalue weighted by Crippen LogP contribution is 2.40. The average molecular weight is 455 g/mol. The molecule has 1 heterocycles. The monoisotopic (exact) mass is 454 g/mol. The molecule has 0 spiro atoms. The molecule has 154 valence electrons. The van der Waals surface area contributed by atoms with E-state index in [2.05, 4.69) is 14.3 Å². The molecule has 0 bridgehead atoms. The second-order valence-corrected chi connectivity index (χ2v) is 10.3. The molecule has 0 unspecified atom stereocenters. The molecule has 0 radical (unpaired) electrons. The molecule has 0 aliphatic heterocycles. The maximum Gasteiger partial charge on any atom is 0.417 e. The van der Waals surface area contributed by atoms with Gasteiger partial charge in [-0.2, -0.15) is 21.6 Å².